The maximum atomic E-state index is 12.5. The molecule has 0 saturated carbocycles. The van der Waals surface area contributed by atoms with Crippen LogP contribution in [0.25, 0.3) is 0 Å². The lowest BCUT2D eigenvalue weighted by molar-refractivity contribution is -0.117. The normalized spacial score (nSPS) is 19.5. The first-order valence-corrected chi connectivity index (χ1v) is 10.5. The molecule has 2 aromatic carbocycles. The molecule has 0 radical (unpaired) electrons. The van der Waals surface area contributed by atoms with Crippen molar-refractivity contribution in [1.82, 2.24) is 4.90 Å². The van der Waals surface area contributed by atoms with Crippen molar-refractivity contribution in [3.63, 3.8) is 0 Å². The molecule has 1 atom stereocenters. The lowest BCUT2D eigenvalue weighted by Crippen LogP contribution is -2.32. The highest BCUT2D eigenvalue weighted by atomic mass is 127. The second-order valence-corrected chi connectivity index (χ2v) is 8.19. The quantitative estimate of drug-likeness (QED) is 0.669. The van der Waals surface area contributed by atoms with Crippen LogP contribution in [0.15, 0.2) is 42.5 Å². The maximum absolute atomic E-state index is 12.5. The van der Waals surface area contributed by atoms with Gasteiger partial charge in [-0.25, -0.2) is 0 Å². The van der Waals surface area contributed by atoms with Crippen molar-refractivity contribution in [2.75, 3.05) is 31.6 Å². The zero-order valence-electron chi connectivity index (χ0n) is 15.1. The zero-order valence-corrected chi connectivity index (χ0v) is 17.3. The zero-order chi connectivity index (χ0) is 18.6. The van der Waals surface area contributed by atoms with Crippen LogP contribution in [-0.4, -0.2) is 37.1 Å². The van der Waals surface area contributed by atoms with Crippen LogP contribution >= 0.6 is 22.6 Å². The molecule has 5 nitrogen and oxygen atoms in total. The summed E-state index contributed by atoms with van der Waals surface area (Å²) in [6.45, 7) is 2.70. The van der Waals surface area contributed by atoms with Crippen LogP contribution in [0.3, 0.4) is 0 Å². The van der Waals surface area contributed by atoms with E-state index in [-0.39, 0.29) is 11.9 Å². The molecular formula is C21H23IN2O3. The second-order valence-electron chi connectivity index (χ2n) is 6.94. The first-order valence-electron chi connectivity index (χ1n) is 9.38. The number of benzene rings is 2. The van der Waals surface area contributed by atoms with E-state index in [0.717, 1.165) is 46.6 Å². The van der Waals surface area contributed by atoms with Crippen LogP contribution in [0.1, 0.15) is 30.9 Å². The molecular weight excluding hydrogens is 455 g/mol. The van der Waals surface area contributed by atoms with E-state index in [1.807, 2.05) is 30.3 Å². The van der Waals surface area contributed by atoms with Crippen LogP contribution < -0.4 is 14.8 Å². The Bertz CT molecular complexity index is 810. The van der Waals surface area contributed by atoms with Gasteiger partial charge in [-0.3, -0.25) is 9.69 Å². The van der Waals surface area contributed by atoms with Crippen molar-refractivity contribution in [1.29, 1.82) is 0 Å². The predicted molar refractivity (Wildman–Crippen MR) is 113 cm³/mol. The van der Waals surface area contributed by atoms with E-state index in [9.17, 15) is 4.79 Å². The summed E-state index contributed by atoms with van der Waals surface area (Å²) in [5.74, 6) is 1.66. The molecule has 142 valence electrons. The van der Waals surface area contributed by atoms with Gasteiger partial charge in [-0.05, 0) is 83.9 Å². The molecule has 4 rings (SSSR count). The van der Waals surface area contributed by atoms with E-state index >= 15 is 0 Å². The van der Waals surface area contributed by atoms with E-state index in [0.29, 0.717) is 19.8 Å². The lowest BCUT2D eigenvalue weighted by atomic mass is 10.0. The number of likely N-dealkylation sites (tertiary alicyclic amines) is 1. The molecule has 2 heterocycles. The van der Waals surface area contributed by atoms with E-state index < -0.39 is 0 Å². The average Bonchev–Trinajstić information content (AvgIpc) is 2.99. The molecule has 0 unspecified atom stereocenters. The molecule has 0 spiro atoms. The van der Waals surface area contributed by atoms with Crippen LogP contribution in [0, 0.1) is 3.57 Å². The van der Waals surface area contributed by atoms with Gasteiger partial charge in [0, 0.05) is 21.7 Å². The summed E-state index contributed by atoms with van der Waals surface area (Å²) >= 11 is 2.26. The summed E-state index contributed by atoms with van der Waals surface area (Å²) in [7, 11) is 0. The fourth-order valence-electron chi connectivity index (χ4n) is 3.70. The molecule has 0 aromatic heterocycles. The number of ether oxygens (including phenoxy) is 2. The topological polar surface area (TPSA) is 50.8 Å². The molecule has 1 amide bonds. The van der Waals surface area contributed by atoms with Gasteiger partial charge >= 0.3 is 0 Å². The van der Waals surface area contributed by atoms with Crippen molar-refractivity contribution in [3.8, 4) is 11.5 Å². The molecule has 2 aliphatic heterocycles. The van der Waals surface area contributed by atoms with E-state index in [1.165, 1.54) is 5.56 Å². The summed E-state index contributed by atoms with van der Waals surface area (Å²) < 4.78 is 12.7. The fourth-order valence-corrected chi connectivity index (χ4v) is 4.06. The number of carbonyl (C=O) groups is 1. The van der Waals surface area contributed by atoms with Crippen LogP contribution in [0.4, 0.5) is 5.69 Å². The number of hydrogen-bond acceptors (Lipinski definition) is 4. The van der Waals surface area contributed by atoms with Crippen molar-refractivity contribution in [2.45, 2.75) is 25.3 Å². The van der Waals surface area contributed by atoms with Crippen LogP contribution in [-0.2, 0) is 4.79 Å². The van der Waals surface area contributed by atoms with Gasteiger partial charge in [0.1, 0.15) is 0 Å². The number of nitrogens with zero attached hydrogens (tertiary/aromatic N) is 1. The Morgan fingerprint density at radius 1 is 1.07 bits per heavy atom. The summed E-state index contributed by atoms with van der Waals surface area (Å²) in [5.41, 5.74) is 2.03. The highest BCUT2D eigenvalue weighted by Crippen LogP contribution is 2.37. The van der Waals surface area contributed by atoms with E-state index in [2.05, 4.69) is 44.9 Å². The van der Waals surface area contributed by atoms with Crippen molar-refractivity contribution in [2.24, 2.45) is 0 Å². The van der Waals surface area contributed by atoms with Crippen molar-refractivity contribution >= 4 is 34.2 Å². The van der Waals surface area contributed by atoms with Crippen LogP contribution in [0.2, 0.25) is 0 Å². The monoisotopic (exact) mass is 478 g/mol. The van der Waals surface area contributed by atoms with Crippen molar-refractivity contribution in [3.05, 3.63) is 51.6 Å². The van der Waals surface area contributed by atoms with Crippen molar-refractivity contribution < 1.29 is 14.3 Å². The summed E-state index contributed by atoms with van der Waals surface area (Å²) in [5, 5.41) is 3.00. The number of halogens is 1. The van der Waals surface area contributed by atoms with Gasteiger partial charge in [-0.1, -0.05) is 6.07 Å². The third-order valence-corrected chi connectivity index (χ3v) is 5.71. The largest absolute Gasteiger partial charge is 0.490 e. The van der Waals surface area contributed by atoms with Gasteiger partial charge in [0.2, 0.25) is 5.91 Å². The molecule has 1 N–H and O–H groups in total. The van der Waals surface area contributed by atoms with E-state index in [4.69, 9.17) is 9.47 Å². The molecule has 27 heavy (non-hydrogen) atoms. The lowest BCUT2D eigenvalue weighted by Gasteiger charge is -2.25. The highest BCUT2D eigenvalue weighted by Gasteiger charge is 2.28. The first kappa shape index (κ1) is 18.6. The summed E-state index contributed by atoms with van der Waals surface area (Å²) in [4.78, 5) is 14.8. The van der Waals surface area contributed by atoms with Gasteiger partial charge in [0.15, 0.2) is 11.5 Å². The summed E-state index contributed by atoms with van der Waals surface area (Å²) in [6.07, 6.45) is 3.05. The van der Waals surface area contributed by atoms with E-state index in [1.54, 1.807) is 0 Å². The van der Waals surface area contributed by atoms with Gasteiger partial charge < -0.3 is 14.8 Å². The molecule has 1 saturated heterocycles. The Morgan fingerprint density at radius 2 is 1.85 bits per heavy atom. The smallest absolute Gasteiger partial charge is 0.238 e. The van der Waals surface area contributed by atoms with Crippen LogP contribution in [0.5, 0.6) is 11.5 Å². The minimum absolute atomic E-state index is 0.0254. The average molecular weight is 478 g/mol. The summed E-state index contributed by atoms with van der Waals surface area (Å²) in [6, 6.07) is 14.3. The molecule has 6 heteroatoms. The minimum atomic E-state index is 0.0254. The van der Waals surface area contributed by atoms with Gasteiger partial charge in [-0.2, -0.15) is 0 Å². The fraction of sp³-hybridized carbons (Fsp3) is 0.381. The Kier molecular flexibility index (Phi) is 5.83. The number of fused-ring (bicyclic) bond motifs is 1. The Morgan fingerprint density at radius 3 is 2.67 bits per heavy atom. The van der Waals surface area contributed by atoms with Gasteiger partial charge in [0.25, 0.3) is 0 Å². The molecule has 2 aromatic rings. The molecule has 0 bridgehead atoms. The Balaban J connectivity index is 1.43. The molecule has 2 aliphatic rings. The van der Waals surface area contributed by atoms with Gasteiger partial charge in [-0.15, -0.1) is 0 Å². The number of nitrogens with one attached hydrogen (secondary N) is 1. The number of rotatable bonds is 4. The molecule has 1 fully saturated rings. The first-order chi connectivity index (χ1) is 13.2. The molecule has 0 aliphatic carbocycles. The standard InChI is InChI=1S/C21H23IN2O3/c22-16-5-7-17(8-6-16)23-21(25)14-24-10-1-3-18(24)15-4-9-19-20(13-15)27-12-2-11-26-19/h4-9,13,18H,1-3,10-12,14H2,(H,23,25)/t18-/m1/s1. The third-order valence-electron chi connectivity index (χ3n) is 4.99. The minimum Gasteiger partial charge on any atom is -0.490 e. The number of hydrogen-bond donors (Lipinski definition) is 1. The second kappa shape index (κ2) is 8.48. The SMILES string of the molecule is O=C(CN1CCC[C@@H]1c1ccc2c(c1)OCCCO2)Nc1ccc(I)cc1. The number of anilines is 1. The number of amides is 1. The Hall–Kier alpha value is -1.80. The maximum Gasteiger partial charge on any atom is 0.238 e. The number of carbonyl (C=O) groups excluding carboxylic acids is 1. The highest BCUT2D eigenvalue weighted by molar-refractivity contribution is 14.1. The predicted octanol–water partition coefficient (Wildman–Crippen LogP) is 4.23. The third kappa shape index (κ3) is 4.55. The Labute approximate surface area is 173 Å². The van der Waals surface area contributed by atoms with Gasteiger partial charge in [0.05, 0.1) is 19.8 Å².